The summed E-state index contributed by atoms with van der Waals surface area (Å²) in [7, 11) is 1.64. The molecule has 1 aliphatic rings. The molecule has 1 atom stereocenters. The van der Waals surface area contributed by atoms with E-state index in [0.29, 0.717) is 11.6 Å². The number of likely N-dealkylation sites (N-methyl/N-ethyl adjacent to an activating group) is 1. The SMILES string of the molecule is CC(C)CCNC=O.CNC(=O)C1=CC(C)=CC(Cc2ccccc2)N1. The Labute approximate surface area is 156 Å². The minimum atomic E-state index is -0.0690. The average molecular weight is 357 g/mol. The molecule has 1 aromatic rings. The summed E-state index contributed by atoms with van der Waals surface area (Å²) in [5, 5.41) is 8.50. The van der Waals surface area contributed by atoms with Crippen LogP contribution in [0.5, 0.6) is 0 Å². The lowest BCUT2D eigenvalue weighted by Crippen LogP contribution is -2.38. The molecule has 1 aliphatic heterocycles. The van der Waals surface area contributed by atoms with E-state index < -0.39 is 0 Å². The first-order valence-corrected chi connectivity index (χ1v) is 9.06. The van der Waals surface area contributed by atoms with Crippen LogP contribution in [0.1, 0.15) is 32.8 Å². The zero-order chi connectivity index (χ0) is 19.4. The van der Waals surface area contributed by atoms with Crippen LogP contribution in [0.2, 0.25) is 0 Å². The monoisotopic (exact) mass is 357 g/mol. The van der Waals surface area contributed by atoms with Crippen LogP contribution < -0.4 is 16.0 Å². The molecule has 0 fully saturated rings. The molecule has 0 aromatic heterocycles. The predicted molar refractivity (Wildman–Crippen MR) is 106 cm³/mol. The summed E-state index contributed by atoms with van der Waals surface area (Å²) in [5.74, 6) is 0.614. The zero-order valence-corrected chi connectivity index (χ0v) is 16.2. The van der Waals surface area contributed by atoms with Gasteiger partial charge in [0.1, 0.15) is 5.70 Å². The first kappa shape index (κ1) is 21.5. The molecule has 0 bridgehead atoms. The number of carbonyl (C=O) groups excluding carboxylic acids is 2. The Kier molecular flexibility index (Phi) is 9.83. The van der Waals surface area contributed by atoms with Crippen molar-refractivity contribution in [3.8, 4) is 0 Å². The van der Waals surface area contributed by atoms with Crippen molar-refractivity contribution in [2.45, 2.75) is 39.7 Å². The fourth-order valence-electron chi connectivity index (χ4n) is 2.55. The first-order chi connectivity index (χ1) is 12.5. The fraction of sp³-hybridized carbons (Fsp3) is 0.429. The highest BCUT2D eigenvalue weighted by molar-refractivity contribution is 5.93. The molecule has 26 heavy (non-hydrogen) atoms. The van der Waals surface area contributed by atoms with E-state index in [9.17, 15) is 9.59 Å². The van der Waals surface area contributed by atoms with Gasteiger partial charge in [-0.25, -0.2) is 0 Å². The van der Waals surface area contributed by atoms with Crippen LogP contribution in [0.4, 0.5) is 0 Å². The van der Waals surface area contributed by atoms with E-state index in [1.165, 1.54) is 5.56 Å². The molecule has 1 aromatic carbocycles. The highest BCUT2D eigenvalue weighted by Gasteiger charge is 2.17. The summed E-state index contributed by atoms with van der Waals surface area (Å²) in [5.41, 5.74) is 3.02. The van der Waals surface area contributed by atoms with Crippen molar-refractivity contribution in [2.75, 3.05) is 13.6 Å². The van der Waals surface area contributed by atoms with Gasteiger partial charge in [-0.2, -0.15) is 0 Å². The summed E-state index contributed by atoms with van der Waals surface area (Å²) in [6.45, 7) is 7.09. The standard InChI is InChI=1S/C15H18N2O.C6H13NO/c1-11-8-13(10-12-6-4-3-5-7-12)17-14(9-11)15(18)16-2;1-6(2)3-4-7-5-8/h3-9,13,17H,10H2,1-2H3,(H,16,18);5-6H,3-4H2,1-2H3,(H,7,8). The Morgan fingerprint density at radius 1 is 1.27 bits per heavy atom. The Morgan fingerprint density at radius 3 is 2.54 bits per heavy atom. The Morgan fingerprint density at radius 2 is 1.96 bits per heavy atom. The molecule has 5 heteroatoms. The largest absolute Gasteiger partial charge is 0.374 e. The van der Waals surface area contributed by atoms with E-state index in [-0.39, 0.29) is 11.9 Å². The Bertz CT molecular complexity index is 621. The van der Waals surface area contributed by atoms with Crippen molar-refractivity contribution in [3.05, 3.63) is 59.3 Å². The van der Waals surface area contributed by atoms with Gasteiger partial charge < -0.3 is 16.0 Å². The van der Waals surface area contributed by atoms with Gasteiger partial charge in [0.2, 0.25) is 6.41 Å². The smallest absolute Gasteiger partial charge is 0.267 e. The third-order valence-corrected chi connectivity index (χ3v) is 3.90. The van der Waals surface area contributed by atoms with Crippen LogP contribution in [-0.4, -0.2) is 32.0 Å². The minimum Gasteiger partial charge on any atom is -0.374 e. The van der Waals surface area contributed by atoms with Crippen molar-refractivity contribution < 1.29 is 9.59 Å². The first-order valence-electron chi connectivity index (χ1n) is 9.06. The highest BCUT2D eigenvalue weighted by Crippen LogP contribution is 2.13. The van der Waals surface area contributed by atoms with Crippen molar-refractivity contribution in [2.24, 2.45) is 5.92 Å². The summed E-state index contributed by atoms with van der Waals surface area (Å²) < 4.78 is 0. The molecule has 142 valence electrons. The van der Waals surface area contributed by atoms with Gasteiger partial charge in [0.05, 0.1) is 0 Å². The minimum absolute atomic E-state index is 0.0690. The van der Waals surface area contributed by atoms with Crippen molar-refractivity contribution >= 4 is 12.3 Å². The van der Waals surface area contributed by atoms with Gasteiger partial charge in [0, 0.05) is 19.6 Å². The van der Waals surface area contributed by atoms with Crippen LogP contribution >= 0.6 is 0 Å². The molecule has 5 nitrogen and oxygen atoms in total. The fourth-order valence-corrected chi connectivity index (χ4v) is 2.55. The molecule has 3 N–H and O–H groups in total. The molecule has 0 radical (unpaired) electrons. The number of benzene rings is 1. The molecule has 0 spiro atoms. The van der Waals surface area contributed by atoms with Gasteiger partial charge >= 0.3 is 0 Å². The number of dihydropyridines is 1. The number of hydrogen-bond donors (Lipinski definition) is 3. The van der Waals surface area contributed by atoms with E-state index in [1.54, 1.807) is 7.05 Å². The molecule has 0 saturated carbocycles. The normalized spacial score (nSPS) is 15.7. The Balaban J connectivity index is 0.000000359. The maximum absolute atomic E-state index is 11.6. The summed E-state index contributed by atoms with van der Waals surface area (Å²) >= 11 is 0. The second-order valence-corrected chi connectivity index (χ2v) is 6.74. The molecule has 1 unspecified atom stereocenters. The topological polar surface area (TPSA) is 70.2 Å². The Hall–Kier alpha value is -2.56. The molecular weight excluding hydrogens is 326 g/mol. The maximum atomic E-state index is 11.6. The molecule has 0 aliphatic carbocycles. The van der Waals surface area contributed by atoms with E-state index >= 15 is 0 Å². The van der Waals surface area contributed by atoms with Gasteiger partial charge in [0.25, 0.3) is 5.91 Å². The third kappa shape index (κ3) is 8.51. The van der Waals surface area contributed by atoms with Crippen molar-refractivity contribution in [3.63, 3.8) is 0 Å². The maximum Gasteiger partial charge on any atom is 0.267 e. The number of carbonyl (C=O) groups is 2. The molecular formula is C21H31N3O2. The average Bonchev–Trinajstić information content (AvgIpc) is 2.62. The molecule has 1 heterocycles. The highest BCUT2D eigenvalue weighted by atomic mass is 16.2. The third-order valence-electron chi connectivity index (χ3n) is 3.90. The molecule has 0 saturated heterocycles. The van der Waals surface area contributed by atoms with Crippen LogP contribution in [0.3, 0.4) is 0 Å². The number of allylic oxidation sites excluding steroid dienone is 2. The van der Waals surface area contributed by atoms with Crippen LogP contribution in [0, 0.1) is 5.92 Å². The predicted octanol–water partition coefficient (Wildman–Crippen LogP) is 2.56. The molecule has 2 amide bonds. The second-order valence-electron chi connectivity index (χ2n) is 6.74. The summed E-state index contributed by atoms with van der Waals surface area (Å²) in [6, 6.07) is 10.4. The number of nitrogens with one attached hydrogen (secondary N) is 3. The van der Waals surface area contributed by atoms with E-state index in [4.69, 9.17) is 0 Å². The zero-order valence-electron chi connectivity index (χ0n) is 16.2. The quantitative estimate of drug-likeness (QED) is 0.519. The lowest BCUT2D eigenvalue weighted by Gasteiger charge is -2.22. The van der Waals surface area contributed by atoms with Gasteiger partial charge in [-0.3, -0.25) is 9.59 Å². The van der Waals surface area contributed by atoms with Crippen molar-refractivity contribution in [1.29, 1.82) is 0 Å². The molecule has 2 rings (SSSR count). The van der Waals surface area contributed by atoms with E-state index in [2.05, 4.69) is 48.0 Å². The summed E-state index contributed by atoms with van der Waals surface area (Å²) in [4.78, 5) is 21.3. The van der Waals surface area contributed by atoms with E-state index in [0.717, 1.165) is 31.4 Å². The van der Waals surface area contributed by atoms with Crippen LogP contribution in [0.25, 0.3) is 0 Å². The number of hydrogen-bond acceptors (Lipinski definition) is 3. The van der Waals surface area contributed by atoms with Gasteiger partial charge in [0.15, 0.2) is 0 Å². The number of amides is 2. The van der Waals surface area contributed by atoms with Gasteiger partial charge in [-0.05, 0) is 37.3 Å². The van der Waals surface area contributed by atoms with Gasteiger partial charge in [-0.15, -0.1) is 0 Å². The van der Waals surface area contributed by atoms with Gasteiger partial charge in [-0.1, -0.05) is 55.8 Å². The lowest BCUT2D eigenvalue weighted by molar-refractivity contribution is -0.117. The number of rotatable bonds is 7. The summed E-state index contributed by atoms with van der Waals surface area (Å²) in [6.07, 6.45) is 6.72. The second kappa shape index (κ2) is 11.9. The lowest BCUT2D eigenvalue weighted by atomic mass is 10.00. The van der Waals surface area contributed by atoms with Crippen LogP contribution in [0.15, 0.2) is 53.8 Å². The van der Waals surface area contributed by atoms with E-state index in [1.807, 2.05) is 31.2 Å². The van der Waals surface area contributed by atoms with Crippen molar-refractivity contribution in [1.82, 2.24) is 16.0 Å². The van der Waals surface area contributed by atoms with Crippen LogP contribution in [-0.2, 0) is 16.0 Å².